The van der Waals surface area contributed by atoms with Crippen LogP contribution in [-0.4, -0.2) is 26.9 Å². The Kier molecular flexibility index (Phi) is 2.25. The number of carboxylic acid groups (broad SMARTS) is 1. The van der Waals surface area contributed by atoms with Gasteiger partial charge in [0.2, 0.25) is 0 Å². The third-order valence-electron chi connectivity index (χ3n) is 1.59. The van der Waals surface area contributed by atoms with E-state index in [4.69, 9.17) is 10.2 Å². The summed E-state index contributed by atoms with van der Waals surface area (Å²) in [4.78, 5) is 10.5. The highest BCUT2D eigenvalue weighted by molar-refractivity contribution is 9.11. The van der Waals surface area contributed by atoms with Crippen LogP contribution in [0.4, 0.5) is 0 Å². The van der Waals surface area contributed by atoms with Gasteiger partial charge in [-0.1, -0.05) is 0 Å². The van der Waals surface area contributed by atoms with Gasteiger partial charge in [0.1, 0.15) is 5.76 Å². The molecule has 0 aliphatic heterocycles. The molecule has 0 aromatic heterocycles. The van der Waals surface area contributed by atoms with Gasteiger partial charge in [0.15, 0.2) is 5.60 Å². The van der Waals surface area contributed by atoms with Crippen LogP contribution in [0.3, 0.4) is 0 Å². The summed E-state index contributed by atoms with van der Waals surface area (Å²) in [6.07, 6.45) is 2.13. The Labute approximate surface area is 77.0 Å². The van der Waals surface area contributed by atoms with Crippen LogP contribution in [0, 0.1) is 0 Å². The van der Waals surface area contributed by atoms with Crippen molar-refractivity contribution in [2.24, 2.45) is 0 Å². The third-order valence-corrected chi connectivity index (χ3v) is 2.31. The molecule has 0 heterocycles. The standard InChI is InChI=1S/C7H7BrO4/c8-4-1-2-7(12,6(10)11)3-5(4)9/h1-2,9,12H,3H2,(H,10,11). The number of aliphatic carboxylic acids is 1. The number of carbonyl (C=O) groups is 1. The van der Waals surface area contributed by atoms with Crippen LogP contribution in [-0.2, 0) is 4.79 Å². The monoisotopic (exact) mass is 234 g/mol. The second-order valence-electron chi connectivity index (χ2n) is 2.53. The van der Waals surface area contributed by atoms with E-state index in [1.165, 1.54) is 6.08 Å². The van der Waals surface area contributed by atoms with Crippen molar-refractivity contribution in [3.8, 4) is 0 Å². The van der Waals surface area contributed by atoms with Crippen molar-refractivity contribution >= 4 is 21.9 Å². The molecule has 5 heteroatoms. The Morgan fingerprint density at radius 3 is 2.67 bits per heavy atom. The van der Waals surface area contributed by atoms with E-state index in [0.717, 1.165) is 6.08 Å². The van der Waals surface area contributed by atoms with Crippen LogP contribution in [0.5, 0.6) is 0 Å². The van der Waals surface area contributed by atoms with Gasteiger partial charge >= 0.3 is 5.97 Å². The number of hydrogen-bond acceptors (Lipinski definition) is 3. The van der Waals surface area contributed by atoms with E-state index in [9.17, 15) is 9.90 Å². The molecule has 1 aliphatic carbocycles. The van der Waals surface area contributed by atoms with E-state index >= 15 is 0 Å². The lowest BCUT2D eigenvalue weighted by molar-refractivity contribution is -0.153. The topological polar surface area (TPSA) is 77.8 Å². The molecule has 0 radical (unpaired) electrons. The van der Waals surface area contributed by atoms with Crippen LogP contribution in [0.15, 0.2) is 22.4 Å². The number of aliphatic hydroxyl groups excluding tert-OH is 1. The van der Waals surface area contributed by atoms with Gasteiger partial charge in [-0.3, -0.25) is 0 Å². The first-order valence-electron chi connectivity index (χ1n) is 3.18. The maximum Gasteiger partial charge on any atom is 0.340 e. The normalized spacial score (nSPS) is 29.2. The summed E-state index contributed by atoms with van der Waals surface area (Å²) in [5.41, 5.74) is -1.97. The molecule has 0 aromatic rings. The van der Waals surface area contributed by atoms with E-state index in [-0.39, 0.29) is 12.2 Å². The van der Waals surface area contributed by atoms with Crippen molar-refractivity contribution < 1.29 is 20.1 Å². The zero-order valence-electron chi connectivity index (χ0n) is 5.99. The molecule has 0 fully saturated rings. The molecular weight excluding hydrogens is 228 g/mol. The van der Waals surface area contributed by atoms with Gasteiger partial charge < -0.3 is 15.3 Å². The predicted molar refractivity (Wildman–Crippen MR) is 44.9 cm³/mol. The third kappa shape index (κ3) is 1.51. The first-order valence-corrected chi connectivity index (χ1v) is 3.97. The maximum atomic E-state index is 10.5. The average Bonchev–Trinajstić information content (AvgIpc) is 1.97. The molecule has 66 valence electrons. The Morgan fingerprint density at radius 2 is 2.25 bits per heavy atom. The Balaban J connectivity index is 2.94. The molecule has 1 rings (SSSR count). The number of rotatable bonds is 1. The van der Waals surface area contributed by atoms with Crippen molar-refractivity contribution in [2.45, 2.75) is 12.0 Å². The van der Waals surface area contributed by atoms with Gasteiger partial charge in [0.05, 0.1) is 4.48 Å². The first kappa shape index (κ1) is 9.28. The highest BCUT2D eigenvalue weighted by atomic mass is 79.9. The van der Waals surface area contributed by atoms with Gasteiger partial charge in [0.25, 0.3) is 0 Å². The molecule has 1 atom stereocenters. The largest absolute Gasteiger partial charge is 0.511 e. The molecule has 4 nitrogen and oxygen atoms in total. The molecule has 1 aliphatic rings. The Bertz CT molecular complexity index is 281. The second-order valence-corrected chi connectivity index (χ2v) is 3.39. The first-order chi connectivity index (χ1) is 5.46. The van der Waals surface area contributed by atoms with Crippen molar-refractivity contribution in [3.63, 3.8) is 0 Å². The number of carboxylic acids is 1. The smallest absolute Gasteiger partial charge is 0.340 e. The van der Waals surface area contributed by atoms with Crippen LogP contribution in [0.25, 0.3) is 0 Å². The fraction of sp³-hybridized carbons (Fsp3) is 0.286. The molecule has 3 N–H and O–H groups in total. The van der Waals surface area contributed by atoms with Gasteiger partial charge in [-0.25, -0.2) is 4.79 Å². The van der Waals surface area contributed by atoms with E-state index in [1.54, 1.807) is 0 Å². The van der Waals surface area contributed by atoms with Crippen molar-refractivity contribution in [1.29, 1.82) is 0 Å². The zero-order valence-corrected chi connectivity index (χ0v) is 7.58. The second kappa shape index (κ2) is 2.91. The van der Waals surface area contributed by atoms with Gasteiger partial charge in [-0.2, -0.15) is 0 Å². The fourth-order valence-electron chi connectivity index (χ4n) is 0.853. The van der Waals surface area contributed by atoms with Gasteiger partial charge in [-0.15, -0.1) is 0 Å². The van der Waals surface area contributed by atoms with Crippen LogP contribution in [0.2, 0.25) is 0 Å². The van der Waals surface area contributed by atoms with E-state index in [0.29, 0.717) is 4.48 Å². The molecule has 0 spiro atoms. The lowest BCUT2D eigenvalue weighted by atomic mass is 9.94. The number of halogens is 1. The van der Waals surface area contributed by atoms with E-state index in [1.807, 2.05) is 0 Å². The van der Waals surface area contributed by atoms with Crippen LogP contribution >= 0.6 is 15.9 Å². The molecule has 12 heavy (non-hydrogen) atoms. The number of hydrogen-bond donors (Lipinski definition) is 3. The molecule has 1 unspecified atom stereocenters. The summed E-state index contributed by atoms with van der Waals surface area (Å²) < 4.78 is 0.397. The summed E-state index contributed by atoms with van der Waals surface area (Å²) in [7, 11) is 0. The molecule has 0 bridgehead atoms. The summed E-state index contributed by atoms with van der Waals surface area (Å²) in [5, 5.41) is 27.0. The quantitative estimate of drug-likeness (QED) is 0.631. The van der Waals surface area contributed by atoms with Crippen LogP contribution in [0.1, 0.15) is 6.42 Å². The van der Waals surface area contributed by atoms with Crippen LogP contribution < -0.4 is 0 Å². The molecular formula is C7H7BrO4. The SMILES string of the molecule is O=C(O)C1(O)C=CC(Br)=C(O)C1. The summed E-state index contributed by atoms with van der Waals surface area (Å²) in [5.74, 6) is -1.53. The summed E-state index contributed by atoms with van der Waals surface area (Å²) in [6, 6.07) is 0. The van der Waals surface area contributed by atoms with Gasteiger partial charge in [0, 0.05) is 6.42 Å². The van der Waals surface area contributed by atoms with E-state index in [2.05, 4.69) is 15.9 Å². The minimum Gasteiger partial charge on any atom is -0.511 e. The zero-order chi connectivity index (χ0) is 9.35. The molecule has 0 saturated heterocycles. The minimum atomic E-state index is -1.97. The summed E-state index contributed by atoms with van der Waals surface area (Å²) >= 11 is 2.99. The summed E-state index contributed by atoms with van der Waals surface area (Å²) in [6.45, 7) is 0. The fourth-order valence-corrected chi connectivity index (χ4v) is 1.13. The number of aliphatic hydroxyl groups is 2. The van der Waals surface area contributed by atoms with Gasteiger partial charge in [-0.05, 0) is 28.1 Å². The van der Waals surface area contributed by atoms with Crippen molar-refractivity contribution in [1.82, 2.24) is 0 Å². The average molecular weight is 235 g/mol. The predicted octanol–water partition coefficient (Wildman–Crippen LogP) is 0.927. The van der Waals surface area contributed by atoms with Crippen molar-refractivity contribution in [2.75, 3.05) is 0 Å². The lowest BCUT2D eigenvalue weighted by Crippen LogP contribution is -2.38. The van der Waals surface area contributed by atoms with E-state index < -0.39 is 11.6 Å². The molecule has 0 amide bonds. The highest BCUT2D eigenvalue weighted by Crippen LogP contribution is 2.28. The Morgan fingerprint density at radius 1 is 1.67 bits per heavy atom. The lowest BCUT2D eigenvalue weighted by Gasteiger charge is -2.22. The Hall–Kier alpha value is -0.810. The number of allylic oxidation sites excluding steroid dienone is 2. The minimum absolute atomic E-state index is 0.164. The molecule has 0 saturated carbocycles. The maximum absolute atomic E-state index is 10.5. The molecule has 0 aromatic carbocycles. The van der Waals surface area contributed by atoms with Crippen molar-refractivity contribution in [3.05, 3.63) is 22.4 Å². The highest BCUT2D eigenvalue weighted by Gasteiger charge is 2.36.